The highest BCUT2D eigenvalue weighted by molar-refractivity contribution is 6.02. The number of ether oxygens (including phenoxy) is 1. The Morgan fingerprint density at radius 2 is 1.78 bits per heavy atom. The number of benzene rings is 2. The minimum Gasteiger partial charge on any atom is -0.439 e. The lowest BCUT2D eigenvalue weighted by Gasteiger charge is -2.42. The van der Waals surface area contributed by atoms with Crippen molar-refractivity contribution >= 4 is 27.8 Å². The van der Waals surface area contributed by atoms with E-state index >= 15 is 4.39 Å². The summed E-state index contributed by atoms with van der Waals surface area (Å²) < 4.78 is 24.1. The van der Waals surface area contributed by atoms with Gasteiger partial charge in [0.15, 0.2) is 5.82 Å². The first-order valence-electron chi connectivity index (χ1n) is 12.8. The topological polar surface area (TPSA) is 82.1 Å². The molecule has 0 atom stereocenters. The predicted octanol–water partition coefficient (Wildman–Crippen LogP) is 5.82. The number of anilines is 1. The fourth-order valence-corrected chi connectivity index (χ4v) is 5.61. The van der Waals surface area contributed by atoms with Crippen molar-refractivity contribution in [2.75, 3.05) is 25.4 Å². The number of hydrogen-bond donors (Lipinski definition) is 1. The SMILES string of the molecule is Nc1ncnc2c1c(-c1ccc3ccc(Oc4ccccc4)nc3c1F)cn2C1CC(CN2CCC2)C1. The number of aromatic nitrogens is 4. The molecule has 186 valence electrons. The van der Waals surface area contributed by atoms with Crippen LogP contribution in [0.15, 0.2) is 67.1 Å². The van der Waals surface area contributed by atoms with Gasteiger partial charge in [0.2, 0.25) is 5.88 Å². The Bertz CT molecular complexity index is 1610. The van der Waals surface area contributed by atoms with Gasteiger partial charge in [-0.2, -0.15) is 0 Å². The smallest absolute Gasteiger partial charge is 0.219 e. The molecular weight excluding hydrogens is 467 g/mol. The minimum atomic E-state index is -0.414. The van der Waals surface area contributed by atoms with Gasteiger partial charge in [0.05, 0.1) is 5.39 Å². The molecule has 7 rings (SSSR count). The van der Waals surface area contributed by atoms with E-state index in [1.165, 1.54) is 25.8 Å². The number of nitrogen functional groups attached to an aromatic ring is 1. The average molecular weight is 495 g/mol. The van der Waals surface area contributed by atoms with Gasteiger partial charge in [-0.15, -0.1) is 0 Å². The second kappa shape index (κ2) is 8.81. The minimum absolute atomic E-state index is 0.250. The maximum Gasteiger partial charge on any atom is 0.219 e. The van der Waals surface area contributed by atoms with Crippen LogP contribution in [0.4, 0.5) is 10.2 Å². The Hall–Kier alpha value is -4.04. The Balaban J connectivity index is 1.27. The van der Waals surface area contributed by atoms with E-state index in [-0.39, 0.29) is 5.52 Å². The summed E-state index contributed by atoms with van der Waals surface area (Å²) in [5.74, 6) is 1.61. The molecule has 1 saturated heterocycles. The first kappa shape index (κ1) is 22.2. The van der Waals surface area contributed by atoms with E-state index in [0.717, 1.165) is 25.0 Å². The standard InChI is InChI=1S/C29H27FN6O/c30-26-22(9-7-19-8-10-24(34-27(19)26)37-21-5-2-1-3-6-21)23-16-36(29-25(23)28(31)32-17-33-29)20-13-18(14-20)15-35-11-4-12-35/h1-3,5-10,16-18,20H,4,11-15H2,(H2,31,32,33). The number of halogens is 1. The first-order valence-corrected chi connectivity index (χ1v) is 12.8. The number of fused-ring (bicyclic) bond motifs is 2. The number of hydrogen-bond acceptors (Lipinski definition) is 6. The highest BCUT2D eigenvalue weighted by atomic mass is 19.1. The molecule has 0 unspecified atom stereocenters. The van der Waals surface area contributed by atoms with E-state index in [0.29, 0.717) is 51.3 Å². The van der Waals surface area contributed by atoms with Gasteiger partial charge < -0.3 is 19.9 Å². The van der Waals surface area contributed by atoms with E-state index in [1.807, 2.05) is 48.7 Å². The summed E-state index contributed by atoms with van der Waals surface area (Å²) in [6.45, 7) is 3.60. The third-order valence-electron chi connectivity index (χ3n) is 7.74. The molecule has 1 aliphatic heterocycles. The fourth-order valence-electron chi connectivity index (χ4n) is 5.61. The molecule has 0 radical (unpaired) electrons. The summed E-state index contributed by atoms with van der Waals surface area (Å²) >= 11 is 0. The van der Waals surface area contributed by atoms with Crippen LogP contribution in [0, 0.1) is 11.7 Å². The highest BCUT2D eigenvalue weighted by Gasteiger charge is 2.34. The predicted molar refractivity (Wildman–Crippen MR) is 142 cm³/mol. The lowest BCUT2D eigenvalue weighted by atomic mass is 9.79. The van der Waals surface area contributed by atoms with Crippen molar-refractivity contribution in [1.82, 2.24) is 24.4 Å². The second-order valence-corrected chi connectivity index (χ2v) is 10.1. The number of nitrogens with zero attached hydrogens (tertiary/aromatic N) is 5. The second-order valence-electron chi connectivity index (χ2n) is 10.1. The van der Waals surface area contributed by atoms with Crippen LogP contribution in [0.2, 0.25) is 0 Å². The van der Waals surface area contributed by atoms with E-state index in [2.05, 4.69) is 24.4 Å². The lowest BCUT2D eigenvalue weighted by molar-refractivity contribution is 0.0921. The Kier molecular flexibility index (Phi) is 5.28. The zero-order chi connectivity index (χ0) is 24.9. The third-order valence-corrected chi connectivity index (χ3v) is 7.74. The molecule has 3 aromatic heterocycles. The molecule has 5 aromatic rings. The summed E-state index contributed by atoms with van der Waals surface area (Å²) in [7, 11) is 0. The molecule has 0 amide bonds. The molecular formula is C29H27FN6O. The molecule has 0 bridgehead atoms. The zero-order valence-corrected chi connectivity index (χ0v) is 20.3. The molecule has 4 heterocycles. The van der Waals surface area contributed by atoms with Gasteiger partial charge in [0.25, 0.3) is 0 Å². The van der Waals surface area contributed by atoms with Crippen molar-refractivity contribution in [2.24, 2.45) is 5.92 Å². The van der Waals surface area contributed by atoms with Gasteiger partial charge in [-0.1, -0.05) is 30.3 Å². The van der Waals surface area contributed by atoms with Crippen molar-refractivity contribution in [2.45, 2.75) is 25.3 Å². The van der Waals surface area contributed by atoms with Crippen molar-refractivity contribution in [1.29, 1.82) is 0 Å². The molecule has 8 heteroatoms. The van der Waals surface area contributed by atoms with Crippen LogP contribution in [-0.2, 0) is 0 Å². The number of nitrogens with two attached hydrogens (primary N) is 1. The fraction of sp³-hybridized carbons (Fsp3) is 0.276. The van der Waals surface area contributed by atoms with Crippen LogP contribution in [0.1, 0.15) is 25.3 Å². The Morgan fingerprint density at radius 1 is 0.973 bits per heavy atom. The largest absolute Gasteiger partial charge is 0.439 e. The van der Waals surface area contributed by atoms with Gasteiger partial charge in [0.1, 0.15) is 29.1 Å². The molecule has 37 heavy (non-hydrogen) atoms. The van der Waals surface area contributed by atoms with Crippen molar-refractivity contribution in [3.8, 4) is 22.8 Å². The summed E-state index contributed by atoms with van der Waals surface area (Å²) in [5, 5.41) is 1.38. The van der Waals surface area contributed by atoms with Crippen LogP contribution in [-0.4, -0.2) is 44.1 Å². The summed E-state index contributed by atoms with van der Waals surface area (Å²) in [5.41, 5.74) is 8.45. The average Bonchev–Trinajstić information content (AvgIpc) is 3.23. The van der Waals surface area contributed by atoms with Gasteiger partial charge >= 0.3 is 0 Å². The maximum atomic E-state index is 16.1. The van der Waals surface area contributed by atoms with Crippen LogP contribution in [0.3, 0.4) is 0 Å². The molecule has 2 aromatic carbocycles. The van der Waals surface area contributed by atoms with Gasteiger partial charge in [0, 0.05) is 41.4 Å². The number of likely N-dealkylation sites (tertiary alicyclic amines) is 1. The van der Waals surface area contributed by atoms with E-state index in [9.17, 15) is 0 Å². The highest BCUT2D eigenvalue weighted by Crippen LogP contribution is 2.44. The quantitative estimate of drug-likeness (QED) is 0.320. The van der Waals surface area contributed by atoms with E-state index < -0.39 is 5.82 Å². The van der Waals surface area contributed by atoms with Crippen molar-refractivity contribution in [3.63, 3.8) is 0 Å². The molecule has 2 fully saturated rings. The summed E-state index contributed by atoms with van der Waals surface area (Å²) in [6.07, 6.45) is 6.97. The van der Waals surface area contributed by atoms with Gasteiger partial charge in [-0.3, -0.25) is 0 Å². The molecule has 1 saturated carbocycles. The summed E-state index contributed by atoms with van der Waals surface area (Å²) in [6, 6.07) is 16.9. The third kappa shape index (κ3) is 3.88. The molecule has 0 spiro atoms. The molecule has 1 aliphatic carbocycles. The molecule has 2 N–H and O–H groups in total. The molecule has 2 aliphatic rings. The number of para-hydroxylation sites is 1. The lowest BCUT2D eigenvalue weighted by Crippen LogP contribution is -2.43. The number of rotatable bonds is 6. The van der Waals surface area contributed by atoms with Crippen LogP contribution in [0.25, 0.3) is 33.1 Å². The van der Waals surface area contributed by atoms with E-state index in [4.69, 9.17) is 10.5 Å². The van der Waals surface area contributed by atoms with Crippen molar-refractivity contribution < 1.29 is 9.13 Å². The maximum absolute atomic E-state index is 16.1. The Labute approximate surface area is 213 Å². The molecule has 7 nitrogen and oxygen atoms in total. The number of pyridine rings is 1. The van der Waals surface area contributed by atoms with Crippen LogP contribution >= 0.6 is 0 Å². The normalized spacial score (nSPS) is 19.6. The zero-order valence-electron chi connectivity index (χ0n) is 20.3. The van der Waals surface area contributed by atoms with Gasteiger partial charge in [-0.25, -0.2) is 19.3 Å². The summed E-state index contributed by atoms with van der Waals surface area (Å²) in [4.78, 5) is 15.8. The first-order chi connectivity index (χ1) is 18.1. The Morgan fingerprint density at radius 3 is 2.57 bits per heavy atom. The monoisotopic (exact) mass is 494 g/mol. The van der Waals surface area contributed by atoms with E-state index in [1.54, 1.807) is 12.1 Å². The van der Waals surface area contributed by atoms with Gasteiger partial charge in [-0.05, 0) is 56.5 Å². The van der Waals surface area contributed by atoms with Crippen LogP contribution in [0.5, 0.6) is 11.6 Å². The van der Waals surface area contributed by atoms with Crippen molar-refractivity contribution in [3.05, 3.63) is 72.9 Å². The van der Waals surface area contributed by atoms with Crippen LogP contribution < -0.4 is 10.5 Å².